The van der Waals surface area contributed by atoms with Crippen LogP contribution in [0.1, 0.15) is 12.0 Å². The van der Waals surface area contributed by atoms with Gasteiger partial charge in [-0.15, -0.1) is 12.4 Å². The van der Waals surface area contributed by atoms with Gasteiger partial charge in [-0.05, 0) is 24.6 Å². The number of amides is 1. The first kappa shape index (κ1) is 16.2. The average Bonchev–Trinajstić information content (AvgIpc) is 2.36. The fraction of sp³-hybridized carbons (Fsp3) is 0.462. The predicted octanol–water partition coefficient (Wildman–Crippen LogP) is 2.39. The fourth-order valence-corrected chi connectivity index (χ4v) is 2.08. The first-order valence-corrected chi connectivity index (χ1v) is 6.42. The van der Waals surface area contributed by atoms with Crippen molar-refractivity contribution < 1.29 is 9.53 Å². The lowest BCUT2D eigenvalue weighted by Gasteiger charge is -2.23. The molecule has 0 spiro atoms. The van der Waals surface area contributed by atoms with E-state index in [4.69, 9.17) is 16.3 Å². The summed E-state index contributed by atoms with van der Waals surface area (Å²) in [4.78, 5) is 11.9. The van der Waals surface area contributed by atoms with Gasteiger partial charge in [0.05, 0.1) is 19.1 Å². The van der Waals surface area contributed by atoms with Crippen molar-refractivity contribution in [2.75, 3.05) is 25.0 Å². The third kappa shape index (κ3) is 4.66. The monoisotopic (exact) mass is 304 g/mol. The molecule has 0 aliphatic carbocycles. The van der Waals surface area contributed by atoms with Crippen LogP contribution < -0.4 is 10.6 Å². The Hall–Kier alpha value is -0.810. The van der Waals surface area contributed by atoms with Crippen LogP contribution in [-0.4, -0.2) is 31.7 Å². The Morgan fingerprint density at radius 2 is 2.37 bits per heavy atom. The summed E-state index contributed by atoms with van der Waals surface area (Å²) in [7, 11) is 0. The number of carbonyl (C=O) groups is 1. The minimum absolute atomic E-state index is 0. The van der Waals surface area contributed by atoms with Crippen LogP contribution in [0.3, 0.4) is 0 Å². The van der Waals surface area contributed by atoms with E-state index in [-0.39, 0.29) is 24.4 Å². The lowest BCUT2D eigenvalue weighted by molar-refractivity contribution is -0.119. The molecule has 19 heavy (non-hydrogen) atoms. The maximum atomic E-state index is 11.9. The van der Waals surface area contributed by atoms with Gasteiger partial charge < -0.3 is 15.4 Å². The minimum atomic E-state index is -0.0472. The summed E-state index contributed by atoms with van der Waals surface area (Å²) in [6.07, 6.45) is 0.317. The summed E-state index contributed by atoms with van der Waals surface area (Å²) >= 11 is 6.00. The molecule has 106 valence electrons. The SMILES string of the molecule is Cc1c(Cl)cccc1NC(=O)CC1CNCCO1.Cl. The summed E-state index contributed by atoms with van der Waals surface area (Å²) in [6.45, 7) is 4.12. The summed E-state index contributed by atoms with van der Waals surface area (Å²) in [6, 6.07) is 5.48. The summed E-state index contributed by atoms with van der Waals surface area (Å²) in [5.74, 6) is -0.0472. The van der Waals surface area contributed by atoms with Gasteiger partial charge in [0, 0.05) is 23.8 Å². The second-order valence-electron chi connectivity index (χ2n) is 4.36. The Morgan fingerprint density at radius 1 is 1.58 bits per heavy atom. The molecule has 1 fully saturated rings. The van der Waals surface area contributed by atoms with Crippen LogP contribution in [-0.2, 0) is 9.53 Å². The van der Waals surface area contributed by atoms with E-state index >= 15 is 0 Å². The molecule has 1 heterocycles. The van der Waals surface area contributed by atoms with Crippen molar-refractivity contribution in [3.05, 3.63) is 28.8 Å². The number of ether oxygens (including phenoxy) is 1. The molecule has 2 N–H and O–H groups in total. The fourth-order valence-electron chi connectivity index (χ4n) is 1.90. The first-order valence-electron chi connectivity index (χ1n) is 6.04. The third-order valence-corrected chi connectivity index (χ3v) is 3.37. The summed E-state index contributed by atoms with van der Waals surface area (Å²) in [5, 5.41) is 6.72. The van der Waals surface area contributed by atoms with Gasteiger partial charge in [-0.3, -0.25) is 4.79 Å². The molecular weight excluding hydrogens is 287 g/mol. The maximum absolute atomic E-state index is 11.9. The highest BCUT2D eigenvalue weighted by Gasteiger charge is 2.17. The highest BCUT2D eigenvalue weighted by Crippen LogP contribution is 2.23. The Balaban J connectivity index is 0.00000180. The lowest BCUT2D eigenvalue weighted by atomic mass is 10.1. The number of halogens is 2. The van der Waals surface area contributed by atoms with E-state index in [2.05, 4.69) is 10.6 Å². The number of anilines is 1. The van der Waals surface area contributed by atoms with Gasteiger partial charge >= 0.3 is 0 Å². The van der Waals surface area contributed by atoms with Gasteiger partial charge in [-0.1, -0.05) is 17.7 Å². The van der Waals surface area contributed by atoms with Crippen molar-refractivity contribution in [3.8, 4) is 0 Å². The van der Waals surface area contributed by atoms with Crippen LogP contribution in [0.5, 0.6) is 0 Å². The predicted molar refractivity (Wildman–Crippen MR) is 79.3 cm³/mol. The minimum Gasteiger partial charge on any atom is -0.375 e. The summed E-state index contributed by atoms with van der Waals surface area (Å²) < 4.78 is 5.49. The number of morpholine rings is 1. The number of benzene rings is 1. The molecule has 1 aliphatic heterocycles. The van der Waals surface area contributed by atoms with Crippen molar-refractivity contribution in [1.29, 1.82) is 0 Å². The van der Waals surface area contributed by atoms with E-state index in [1.807, 2.05) is 19.1 Å². The van der Waals surface area contributed by atoms with Gasteiger partial charge in [0.2, 0.25) is 5.91 Å². The normalized spacial score (nSPS) is 18.5. The zero-order chi connectivity index (χ0) is 13.0. The topological polar surface area (TPSA) is 50.4 Å². The molecule has 1 atom stereocenters. The van der Waals surface area contributed by atoms with Gasteiger partial charge in [0.15, 0.2) is 0 Å². The quantitative estimate of drug-likeness (QED) is 0.901. The largest absolute Gasteiger partial charge is 0.375 e. The van der Waals surface area contributed by atoms with Crippen molar-refractivity contribution in [3.63, 3.8) is 0 Å². The van der Waals surface area contributed by atoms with E-state index in [0.29, 0.717) is 18.1 Å². The molecule has 0 aromatic heterocycles. The van der Waals surface area contributed by atoms with E-state index in [9.17, 15) is 4.79 Å². The summed E-state index contributed by atoms with van der Waals surface area (Å²) in [5.41, 5.74) is 1.64. The van der Waals surface area contributed by atoms with Crippen molar-refractivity contribution in [2.45, 2.75) is 19.4 Å². The zero-order valence-electron chi connectivity index (χ0n) is 10.7. The van der Waals surface area contributed by atoms with E-state index < -0.39 is 0 Å². The van der Waals surface area contributed by atoms with Crippen LogP contribution >= 0.6 is 24.0 Å². The first-order chi connectivity index (χ1) is 8.66. The molecule has 1 saturated heterocycles. The maximum Gasteiger partial charge on any atom is 0.227 e. The number of hydrogen-bond acceptors (Lipinski definition) is 3. The smallest absolute Gasteiger partial charge is 0.227 e. The van der Waals surface area contributed by atoms with Crippen molar-refractivity contribution in [1.82, 2.24) is 5.32 Å². The van der Waals surface area contributed by atoms with Gasteiger partial charge in [0.25, 0.3) is 0 Å². The number of carbonyl (C=O) groups excluding carboxylic acids is 1. The Kier molecular flexibility index (Phi) is 6.58. The van der Waals surface area contributed by atoms with Gasteiger partial charge in [-0.2, -0.15) is 0 Å². The Morgan fingerprint density at radius 3 is 3.05 bits per heavy atom. The number of nitrogens with one attached hydrogen (secondary N) is 2. The molecule has 1 amide bonds. The molecule has 1 unspecified atom stereocenters. The molecule has 0 radical (unpaired) electrons. The Bertz CT molecular complexity index is 435. The molecule has 1 aromatic rings. The second-order valence-corrected chi connectivity index (χ2v) is 4.77. The van der Waals surface area contributed by atoms with Gasteiger partial charge in [-0.25, -0.2) is 0 Å². The molecule has 0 bridgehead atoms. The molecule has 4 nitrogen and oxygen atoms in total. The van der Waals surface area contributed by atoms with Crippen molar-refractivity contribution in [2.24, 2.45) is 0 Å². The second kappa shape index (κ2) is 7.70. The van der Waals surface area contributed by atoms with Crippen LogP contribution in [0, 0.1) is 6.92 Å². The average molecular weight is 305 g/mol. The van der Waals surface area contributed by atoms with E-state index in [1.165, 1.54) is 0 Å². The number of rotatable bonds is 3. The van der Waals surface area contributed by atoms with E-state index in [0.717, 1.165) is 24.3 Å². The lowest BCUT2D eigenvalue weighted by Crippen LogP contribution is -2.40. The zero-order valence-corrected chi connectivity index (χ0v) is 12.3. The number of hydrogen-bond donors (Lipinski definition) is 2. The van der Waals surface area contributed by atoms with Crippen LogP contribution in [0.4, 0.5) is 5.69 Å². The van der Waals surface area contributed by atoms with Crippen LogP contribution in [0.25, 0.3) is 0 Å². The highest BCUT2D eigenvalue weighted by atomic mass is 35.5. The molecule has 0 saturated carbocycles. The molecule has 1 aliphatic rings. The molecule has 6 heteroatoms. The highest BCUT2D eigenvalue weighted by molar-refractivity contribution is 6.31. The molecule has 1 aromatic carbocycles. The van der Waals surface area contributed by atoms with Crippen molar-refractivity contribution >= 4 is 35.6 Å². The van der Waals surface area contributed by atoms with Gasteiger partial charge in [0.1, 0.15) is 0 Å². The van der Waals surface area contributed by atoms with E-state index in [1.54, 1.807) is 6.07 Å². The Labute approximate surface area is 124 Å². The molecular formula is C13H18Cl2N2O2. The standard InChI is InChI=1S/C13H17ClN2O2.ClH/c1-9-11(14)3-2-4-12(9)16-13(17)7-10-8-15-5-6-18-10;/h2-4,10,15H,5-8H2,1H3,(H,16,17);1H. The van der Waals surface area contributed by atoms with Crippen LogP contribution in [0.2, 0.25) is 5.02 Å². The third-order valence-electron chi connectivity index (χ3n) is 2.96. The van der Waals surface area contributed by atoms with Crippen LogP contribution in [0.15, 0.2) is 18.2 Å². The molecule has 2 rings (SSSR count).